The van der Waals surface area contributed by atoms with Crippen LogP contribution in [-0.2, 0) is 12.8 Å². The van der Waals surface area contributed by atoms with E-state index in [1.54, 1.807) is 0 Å². The van der Waals surface area contributed by atoms with Crippen LogP contribution in [-0.4, -0.2) is 4.98 Å². The van der Waals surface area contributed by atoms with Gasteiger partial charge in [0.1, 0.15) is 0 Å². The lowest BCUT2D eigenvalue weighted by molar-refractivity contribution is 1.07. The summed E-state index contributed by atoms with van der Waals surface area (Å²) in [4.78, 5) is 4.40. The van der Waals surface area contributed by atoms with Crippen LogP contribution in [0.3, 0.4) is 0 Å². The summed E-state index contributed by atoms with van der Waals surface area (Å²) < 4.78 is 0. The zero-order valence-electron chi connectivity index (χ0n) is 15.6. The van der Waals surface area contributed by atoms with Gasteiger partial charge in [0.15, 0.2) is 0 Å². The molecule has 0 amide bonds. The molecule has 0 aliphatic rings. The van der Waals surface area contributed by atoms with Gasteiger partial charge in [0.2, 0.25) is 0 Å². The molecule has 0 spiro atoms. The minimum atomic E-state index is 0.872. The van der Waals surface area contributed by atoms with Crippen molar-refractivity contribution in [3.63, 3.8) is 0 Å². The highest BCUT2D eigenvalue weighted by Gasteiger charge is 2.02. The number of benzene rings is 3. The van der Waals surface area contributed by atoms with Crippen molar-refractivity contribution in [2.24, 2.45) is 0 Å². The summed E-state index contributed by atoms with van der Waals surface area (Å²) in [7, 11) is 0. The van der Waals surface area contributed by atoms with E-state index in [0.717, 1.165) is 18.5 Å². The molecule has 0 bridgehead atoms. The number of rotatable bonds is 5. The highest BCUT2D eigenvalue weighted by atomic mass is 14.7. The van der Waals surface area contributed by atoms with Crippen LogP contribution in [0.15, 0.2) is 97.2 Å². The Hall–Kier alpha value is -3.19. The smallest absolute Gasteiger partial charge is 0.0447 e. The van der Waals surface area contributed by atoms with E-state index in [9.17, 15) is 0 Å². The fourth-order valence-electron chi connectivity index (χ4n) is 3.28. The van der Waals surface area contributed by atoms with Crippen LogP contribution in [0.25, 0.3) is 11.1 Å². The van der Waals surface area contributed by atoms with Crippen molar-refractivity contribution in [3.05, 3.63) is 125 Å². The van der Waals surface area contributed by atoms with E-state index in [-0.39, 0.29) is 0 Å². The third-order valence-electron chi connectivity index (χ3n) is 4.88. The Kier molecular flexibility index (Phi) is 5.11. The molecule has 132 valence electrons. The maximum Gasteiger partial charge on any atom is 0.0447 e. The van der Waals surface area contributed by atoms with Crippen LogP contribution in [0.5, 0.6) is 0 Å². The molecule has 4 aromatic rings. The Bertz CT molecular complexity index is 983. The topological polar surface area (TPSA) is 12.9 Å². The monoisotopic (exact) mass is 349 g/mol. The summed E-state index contributed by atoms with van der Waals surface area (Å²) in [5.74, 6) is 0. The highest BCUT2D eigenvalue weighted by Crippen LogP contribution is 2.22. The highest BCUT2D eigenvalue weighted by molar-refractivity contribution is 5.64. The van der Waals surface area contributed by atoms with Crippen LogP contribution in [0.1, 0.15) is 27.9 Å². The van der Waals surface area contributed by atoms with E-state index in [1.807, 2.05) is 18.3 Å². The molecule has 3 aromatic carbocycles. The zero-order valence-corrected chi connectivity index (χ0v) is 15.6. The predicted molar refractivity (Wildman–Crippen MR) is 113 cm³/mol. The summed E-state index contributed by atoms with van der Waals surface area (Å²) in [6.07, 6.45) is 3.70. The first-order valence-corrected chi connectivity index (χ1v) is 9.40. The molecular formula is C26H23N. The van der Waals surface area contributed by atoms with Gasteiger partial charge in [-0.25, -0.2) is 0 Å². The average Bonchev–Trinajstić information content (AvgIpc) is 2.72. The van der Waals surface area contributed by atoms with E-state index < -0.39 is 0 Å². The molecule has 0 unspecified atom stereocenters. The molecule has 0 fully saturated rings. The number of aryl methyl sites for hydroxylation is 1. The molecular weight excluding hydrogens is 326 g/mol. The second kappa shape index (κ2) is 8.01. The van der Waals surface area contributed by atoms with Crippen molar-refractivity contribution in [3.8, 4) is 11.1 Å². The molecule has 0 radical (unpaired) electrons. The Morgan fingerprint density at radius 1 is 0.556 bits per heavy atom. The maximum atomic E-state index is 4.40. The molecule has 0 atom stereocenters. The Balaban J connectivity index is 1.44. The van der Waals surface area contributed by atoms with Crippen LogP contribution >= 0.6 is 0 Å². The fourth-order valence-corrected chi connectivity index (χ4v) is 3.28. The van der Waals surface area contributed by atoms with Gasteiger partial charge in [-0.3, -0.25) is 4.98 Å². The van der Waals surface area contributed by atoms with Gasteiger partial charge in [0, 0.05) is 18.3 Å². The van der Waals surface area contributed by atoms with Crippen LogP contribution < -0.4 is 0 Å². The first kappa shape index (κ1) is 17.2. The van der Waals surface area contributed by atoms with Crippen LogP contribution in [0, 0.1) is 6.92 Å². The van der Waals surface area contributed by atoms with Crippen molar-refractivity contribution in [1.82, 2.24) is 4.98 Å². The van der Waals surface area contributed by atoms with Gasteiger partial charge in [-0.05, 0) is 53.3 Å². The predicted octanol–water partition coefficient (Wildman–Crippen LogP) is 6.24. The van der Waals surface area contributed by atoms with Crippen molar-refractivity contribution < 1.29 is 0 Å². The summed E-state index contributed by atoms with van der Waals surface area (Å²) in [5.41, 5.74) is 8.90. The summed E-state index contributed by atoms with van der Waals surface area (Å²) in [6.45, 7) is 2.13. The lowest BCUT2D eigenvalue weighted by atomic mass is 9.98. The first-order chi connectivity index (χ1) is 13.3. The number of pyridine rings is 1. The lowest BCUT2D eigenvalue weighted by Crippen LogP contribution is -1.91. The van der Waals surface area contributed by atoms with E-state index in [4.69, 9.17) is 0 Å². The van der Waals surface area contributed by atoms with Crippen molar-refractivity contribution in [2.45, 2.75) is 19.8 Å². The number of hydrogen-bond acceptors (Lipinski definition) is 1. The molecule has 4 rings (SSSR count). The molecule has 1 aromatic heterocycles. The average molecular weight is 349 g/mol. The molecule has 1 heterocycles. The molecule has 27 heavy (non-hydrogen) atoms. The molecule has 1 heteroatoms. The van der Waals surface area contributed by atoms with Gasteiger partial charge in [0.05, 0.1) is 0 Å². The van der Waals surface area contributed by atoms with Gasteiger partial charge in [0.25, 0.3) is 0 Å². The minimum Gasteiger partial charge on any atom is -0.261 e. The molecule has 0 saturated carbocycles. The van der Waals surface area contributed by atoms with E-state index in [0.29, 0.717) is 0 Å². The number of nitrogens with zero attached hydrogens (tertiary/aromatic N) is 1. The number of aromatic nitrogens is 1. The van der Waals surface area contributed by atoms with E-state index in [2.05, 4.69) is 90.8 Å². The summed E-state index contributed by atoms with van der Waals surface area (Å²) in [5, 5.41) is 0. The van der Waals surface area contributed by atoms with Gasteiger partial charge in [-0.2, -0.15) is 0 Å². The maximum absolute atomic E-state index is 4.40. The zero-order chi connectivity index (χ0) is 18.5. The Labute approximate surface area is 161 Å². The third-order valence-corrected chi connectivity index (χ3v) is 4.88. The summed E-state index contributed by atoms with van der Waals surface area (Å²) >= 11 is 0. The largest absolute Gasteiger partial charge is 0.261 e. The molecule has 1 nitrogen and oxygen atoms in total. The summed E-state index contributed by atoms with van der Waals surface area (Å²) in [6, 6.07) is 32.5. The third kappa shape index (κ3) is 4.51. The Morgan fingerprint density at radius 2 is 1.07 bits per heavy atom. The fraction of sp³-hybridized carbons (Fsp3) is 0.115. The standard InChI is InChI=1S/C26H23N/c1-20-5-7-21(8-6-20)18-22-9-13-24(14-10-22)25-15-11-23(12-16-25)19-26-4-2-3-17-27-26/h2-17H,18-19H2,1H3. The van der Waals surface area contributed by atoms with Gasteiger partial charge < -0.3 is 0 Å². The van der Waals surface area contributed by atoms with Crippen LogP contribution in [0.2, 0.25) is 0 Å². The minimum absolute atomic E-state index is 0.872. The molecule has 0 aliphatic heterocycles. The van der Waals surface area contributed by atoms with Crippen molar-refractivity contribution in [1.29, 1.82) is 0 Å². The second-order valence-electron chi connectivity index (χ2n) is 7.05. The van der Waals surface area contributed by atoms with Crippen molar-refractivity contribution >= 4 is 0 Å². The van der Waals surface area contributed by atoms with Crippen molar-refractivity contribution in [2.75, 3.05) is 0 Å². The van der Waals surface area contributed by atoms with Crippen LogP contribution in [0.4, 0.5) is 0 Å². The van der Waals surface area contributed by atoms with Gasteiger partial charge in [-0.15, -0.1) is 0 Å². The van der Waals surface area contributed by atoms with E-state index in [1.165, 1.54) is 33.4 Å². The lowest BCUT2D eigenvalue weighted by Gasteiger charge is -2.07. The van der Waals surface area contributed by atoms with E-state index >= 15 is 0 Å². The second-order valence-corrected chi connectivity index (χ2v) is 7.05. The molecule has 0 N–H and O–H groups in total. The Morgan fingerprint density at radius 3 is 1.59 bits per heavy atom. The van der Waals surface area contributed by atoms with Gasteiger partial charge in [-0.1, -0.05) is 84.4 Å². The number of hydrogen-bond donors (Lipinski definition) is 0. The SMILES string of the molecule is Cc1ccc(Cc2ccc(-c3ccc(Cc4ccccn4)cc3)cc2)cc1. The quantitative estimate of drug-likeness (QED) is 0.416. The first-order valence-electron chi connectivity index (χ1n) is 9.40. The molecule has 0 saturated heterocycles. The normalized spacial score (nSPS) is 10.7. The molecule has 0 aliphatic carbocycles. The van der Waals surface area contributed by atoms with Gasteiger partial charge >= 0.3 is 0 Å².